The number of amides is 1. The lowest BCUT2D eigenvalue weighted by Gasteiger charge is -2.28. The lowest BCUT2D eigenvalue weighted by Crippen LogP contribution is -2.40. The first kappa shape index (κ1) is 22.8. The highest BCUT2D eigenvalue weighted by Gasteiger charge is 2.22. The summed E-state index contributed by atoms with van der Waals surface area (Å²) >= 11 is 1.34. The minimum Gasteiger partial charge on any atom is -0.495 e. The molecule has 2 aliphatic rings. The van der Waals surface area contributed by atoms with Gasteiger partial charge in [0.15, 0.2) is 0 Å². The number of benzene rings is 1. The molecule has 0 radical (unpaired) electrons. The topological polar surface area (TPSA) is 85.7 Å². The van der Waals surface area contributed by atoms with E-state index in [9.17, 15) is 9.59 Å². The molecule has 4 rings (SSSR count). The summed E-state index contributed by atoms with van der Waals surface area (Å²) in [5, 5.41) is 3.58. The molecule has 0 atom stereocenters. The second kappa shape index (κ2) is 11.0. The standard InChI is InChI=1S/C23H30N4O4S/c1-30-20-9-5-3-7-18(20)24-21(28)16-32-22-17-6-2-4-8-19(17)27(23(29)25-22)11-10-26-12-14-31-15-13-26/h3,5,7,9H,2,4,6,8,10-16H2,1H3,(H,24,28). The second-order valence-corrected chi connectivity index (χ2v) is 8.94. The van der Waals surface area contributed by atoms with E-state index in [0.717, 1.165) is 69.8 Å². The number of nitrogens with one attached hydrogen (secondary N) is 1. The van der Waals surface area contributed by atoms with Crippen molar-refractivity contribution in [3.8, 4) is 5.75 Å². The summed E-state index contributed by atoms with van der Waals surface area (Å²) in [6.07, 6.45) is 3.94. The first-order valence-corrected chi connectivity index (χ1v) is 12.1. The van der Waals surface area contributed by atoms with Gasteiger partial charge in [0.05, 0.1) is 31.8 Å². The molecule has 0 saturated carbocycles. The Labute approximate surface area is 192 Å². The predicted octanol–water partition coefficient (Wildman–Crippen LogP) is 2.19. The van der Waals surface area contributed by atoms with Gasteiger partial charge in [0, 0.05) is 37.4 Å². The van der Waals surface area contributed by atoms with E-state index in [-0.39, 0.29) is 17.3 Å². The van der Waals surface area contributed by atoms with Crippen LogP contribution in [0.4, 0.5) is 5.69 Å². The molecule has 1 aromatic heterocycles. The molecule has 9 heteroatoms. The summed E-state index contributed by atoms with van der Waals surface area (Å²) in [4.78, 5) is 32.1. The Hall–Kier alpha value is -2.36. The molecule has 0 spiro atoms. The summed E-state index contributed by atoms with van der Waals surface area (Å²) in [6.45, 7) is 4.77. The van der Waals surface area contributed by atoms with E-state index in [4.69, 9.17) is 9.47 Å². The van der Waals surface area contributed by atoms with Crippen LogP contribution in [-0.4, -0.2) is 66.1 Å². The first-order chi connectivity index (χ1) is 15.7. The number of carbonyl (C=O) groups is 1. The lowest BCUT2D eigenvalue weighted by atomic mass is 9.97. The Morgan fingerprint density at radius 2 is 1.97 bits per heavy atom. The minimum absolute atomic E-state index is 0.151. The smallest absolute Gasteiger partial charge is 0.348 e. The predicted molar refractivity (Wildman–Crippen MR) is 125 cm³/mol. The van der Waals surface area contributed by atoms with Gasteiger partial charge < -0.3 is 14.8 Å². The number of para-hydroxylation sites is 2. The summed E-state index contributed by atoms with van der Waals surface area (Å²) in [5.74, 6) is 0.654. The van der Waals surface area contributed by atoms with Crippen LogP contribution in [0, 0.1) is 0 Å². The number of ether oxygens (including phenoxy) is 2. The molecular formula is C23H30N4O4S. The fourth-order valence-electron chi connectivity index (χ4n) is 4.23. The van der Waals surface area contributed by atoms with Crippen LogP contribution in [0.25, 0.3) is 0 Å². The molecule has 1 fully saturated rings. The number of thioether (sulfide) groups is 1. The second-order valence-electron chi connectivity index (χ2n) is 7.97. The van der Waals surface area contributed by atoms with Crippen molar-refractivity contribution in [3.05, 3.63) is 46.0 Å². The van der Waals surface area contributed by atoms with Gasteiger partial charge in [-0.2, -0.15) is 4.98 Å². The van der Waals surface area contributed by atoms with Crippen molar-refractivity contribution in [2.24, 2.45) is 0 Å². The van der Waals surface area contributed by atoms with Gasteiger partial charge in [0.25, 0.3) is 0 Å². The zero-order chi connectivity index (χ0) is 22.3. The molecule has 1 aromatic carbocycles. The van der Waals surface area contributed by atoms with Crippen LogP contribution in [0.1, 0.15) is 24.1 Å². The number of rotatable bonds is 8. The third kappa shape index (κ3) is 5.51. The number of hydrogen-bond acceptors (Lipinski definition) is 7. The van der Waals surface area contributed by atoms with E-state index in [1.807, 2.05) is 16.7 Å². The molecule has 1 N–H and O–H groups in total. The number of methoxy groups -OCH3 is 1. The Morgan fingerprint density at radius 1 is 1.19 bits per heavy atom. The van der Waals surface area contributed by atoms with Crippen molar-refractivity contribution < 1.29 is 14.3 Å². The van der Waals surface area contributed by atoms with Gasteiger partial charge in [0.1, 0.15) is 10.8 Å². The molecule has 1 saturated heterocycles. The van der Waals surface area contributed by atoms with Crippen LogP contribution in [0.15, 0.2) is 34.1 Å². The molecule has 1 aliphatic heterocycles. The van der Waals surface area contributed by atoms with Gasteiger partial charge in [-0.3, -0.25) is 14.3 Å². The molecule has 1 aliphatic carbocycles. The number of aromatic nitrogens is 2. The van der Waals surface area contributed by atoms with Gasteiger partial charge in [0.2, 0.25) is 5.91 Å². The van der Waals surface area contributed by atoms with Crippen molar-refractivity contribution in [1.82, 2.24) is 14.5 Å². The minimum atomic E-state index is -0.216. The number of carbonyl (C=O) groups excluding carboxylic acids is 1. The average molecular weight is 459 g/mol. The third-order valence-electron chi connectivity index (χ3n) is 5.92. The molecule has 2 heterocycles. The number of nitrogens with zero attached hydrogens (tertiary/aromatic N) is 3. The number of hydrogen-bond donors (Lipinski definition) is 1. The largest absolute Gasteiger partial charge is 0.495 e. The number of morpholine rings is 1. The molecule has 0 unspecified atom stereocenters. The SMILES string of the molecule is COc1ccccc1NC(=O)CSc1nc(=O)n(CCN2CCOCC2)c2c1CCCC2. The molecular weight excluding hydrogens is 428 g/mol. The summed E-state index contributed by atoms with van der Waals surface area (Å²) in [6, 6.07) is 7.31. The van der Waals surface area contributed by atoms with Crippen molar-refractivity contribution in [2.75, 3.05) is 51.0 Å². The van der Waals surface area contributed by atoms with Crippen molar-refractivity contribution in [3.63, 3.8) is 0 Å². The van der Waals surface area contributed by atoms with Crippen LogP contribution >= 0.6 is 11.8 Å². The quantitative estimate of drug-likeness (QED) is 0.479. The van der Waals surface area contributed by atoms with Crippen LogP contribution in [0.5, 0.6) is 5.75 Å². The van der Waals surface area contributed by atoms with Crippen molar-refractivity contribution in [1.29, 1.82) is 0 Å². The van der Waals surface area contributed by atoms with E-state index in [1.54, 1.807) is 19.2 Å². The van der Waals surface area contributed by atoms with Gasteiger partial charge in [-0.15, -0.1) is 0 Å². The maximum Gasteiger partial charge on any atom is 0.348 e. The fourth-order valence-corrected chi connectivity index (χ4v) is 5.11. The molecule has 2 aromatic rings. The molecule has 0 bridgehead atoms. The van der Waals surface area contributed by atoms with E-state index in [0.29, 0.717) is 23.0 Å². The maximum atomic E-state index is 12.9. The van der Waals surface area contributed by atoms with E-state index < -0.39 is 0 Å². The van der Waals surface area contributed by atoms with Gasteiger partial charge in [-0.25, -0.2) is 4.79 Å². The summed E-state index contributed by atoms with van der Waals surface area (Å²) in [7, 11) is 1.57. The normalized spacial score (nSPS) is 16.4. The van der Waals surface area contributed by atoms with Gasteiger partial charge in [-0.05, 0) is 37.8 Å². The highest BCUT2D eigenvalue weighted by Crippen LogP contribution is 2.29. The van der Waals surface area contributed by atoms with E-state index >= 15 is 0 Å². The zero-order valence-electron chi connectivity index (χ0n) is 18.5. The van der Waals surface area contributed by atoms with E-state index in [1.165, 1.54) is 11.8 Å². The molecule has 172 valence electrons. The van der Waals surface area contributed by atoms with Crippen LogP contribution < -0.4 is 15.7 Å². The van der Waals surface area contributed by atoms with Gasteiger partial charge in [-0.1, -0.05) is 23.9 Å². The lowest BCUT2D eigenvalue weighted by molar-refractivity contribution is -0.113. The third-order valence-corrected chi connectivity index (χ3v) is 6.93. The number of anilines is 1. The number of fused-ring (bicyclic) bond motifs is 1. The Kier molecular flexibility index (Phi) is 7.83. The van der Waals surface area contributed by atoms with Gasteiger partial charge >= 0.3 is 5.69 Å². The van der Waals surface area contributed by atoms with Crippen LogP contribution in [0.2, 0.25) is 0 Å². The Balaban J connectivity index is 1.45. The molecule has 32 heavy (non-hydrogen) atoms. The summed E-state index contributed by atoms with van der Waals surface area (Å²) < 4.78 is 12.6. The first-order valence-electron chi connectivity index (χ1n) is 11.1. The average Bonchev–Trinajstić information content (AvgIpc) is 2.83. The fraction of sp³-hybridized carbons (Fsp3) is 0.522. The molecule has 8 nitrogen and oxygen atoms in total. The Morgan fingerprint density at radius 3 is 2.78 bits per heavy atom. The zero-order valence-corrected chi connectivity index (χ0v) is 19.3. The van der Waals surface area contributed by atoms with Crippen LogP contribution in [-0.2, 0) is 28.9 Å². The highest BCUT2D eigenvalue weighted by atomic mass is 32.2. The van der Waals surface area contributed by atoms with Crippen molar-refractivity contribution >= 4 is 23.4 Å². The highest BCUT2D eigenvalue weighted by molar-refractivity contribution is 8.00. The monoisotopic (exact) mass is 458 g/mol. The summed E-state index contributed by atoms with van der Waals surface area (Å²) in [5.41, 5.74) is 2.64. The Bertz CT molecular complexity index is 1000. The van der Waals surface area contributed by atoms with E-state index in [2.05, 4.69) is 15.2 Å². The molecule has 1 amide bonds. The van der Waals surface area contributed by atoms with Crippen LogP contribution in [0.3, 0.4) is 0 Å². The maximum absolute atomic E-state index is 12.9. The van der Waals surface area contributed by atoms with Crippen molar-refractivity contribution in [2.45, 2.75) is 37.3 Å².